The van der Waals surface area contributed by atoms with Gasteiger partial charge in [-0.15, -0.1) is 0 Å². The average molecular weight is 284 g/mol. The van der Waals surface area contributed by atoms with Crippen LogP contribution in [0.2, 0.25) is 0 Å². The van der Waals surface area contributed by atoms with E-state index in [0.717, 1.165) is 6.42 Å². The minimum absolute atomic E-state index is 0.112. The molecular formula is C13H20N2O5. The highest BCUT2D eigenvalue weighted by molar-refractivity contribution is 5.69. The Labute approximate surface area is 116 Å². The lowest BCUT2D eigenvalue weighted by Gasteiger charge is -2.22. The van der Waals surface area contributed by atoms with Crippen LogP contribution in [0.3, 0.4) is 0 Å². The minimum atomic E-state index is -0.991. The molecule has 0 unspecified atom stereocenters. The average Bonchev–Trinajstić information content (AvgIpc) is 2.37. The third-order valence-electron chi connectivity index (χ3n) is 2.91. The first-order valence-electron chi connectivity index (χ1n) is 6.36. The van der Waals surface area contributed by atoms with E-state index in [1.165, 1.54) is 11.0 Å². The molecule has 7 nitrogen and oxygen atoms in total. The maximum absolute atomic E-state index is 11.7. The largest absolute Gasteiger partial charge is 0.503 e. The summed E-state index contributed by atoms with van der Waals surface area (Å²) < 4.78 is 1.66. The second-order valence-corrected chi connectivity index (χ2v) is 4.67. The third kappa shape index (κ3) is 3.82. The summed E-state index contributed by atoms with van der Waals surface area (Å²) in [6.45, 7) is 2.05. The van der Waals surface area contributed by atoms with Crippen molar-refractivity contribution in [3.63, 3.8) is 0 Å². The lowest BCUT2D eigenvalue weighted by atomic mass is 10.2. The number of aromatic hydroxyl groups is 1. The van der Waals surface area contributed by atoms with Gasteiger partial charge >= 0.3 is 5.97 Å². The second kappa shape index (κ2) is 7.06. The SMILES string of the molecule is CCCn1c(CO)cc(=O)c(O)c1CN(C)CC(=O)O. The van der Waals surface area contributed by atoms with Crippen LogP contribution in [0, 0.1) is 0 Å². The van der Waals surface area contributed by atoms with Crippen molar-refractivity contribution in [2.75, 3.05) is 13.6 Å². The van der Waals surface area contributed by atoms with Gasteiger partial charge in [-0.1, -0.05) is 6.92 Å². The second-order valence-electron chi connectivity index (χ2n) is 4.67. The Morgan fingerprint density at radius 2 is 2.10 bits per heavy atom. The van der Waals surface area contributed by atoms with Crippen molar-refractivity contribution in [2.45, 2.75) is 33.0 Å². The molecule has 1 heterocycles. The van der Waals surface area contributed by atoms with Crippen molar-refractivity contribution < 1.29 is 20.1 Å². The molecule has 0 aliphatic heterocycles. The number of carboxylic acid groups (broad SMARTS) is 1. The van der Waals surface area contributed by atoms with E-state index in [2.05, 4.69) is 0 Å². The molecule has 0 aromatic carbocycles. The number of likely N-dealkylation sites (N-methyl/N-ethyl adjacent to an activating group) is 1. The fourth-order valence-corrected chi connectivity index (χ4v) is 2.08. The van der Waals surface area contributed by atoms with Gasteiger partial charge in [-0.25, -0.2) is 0 Å². The fraction of sp³-hybridized carbons (Fsp3) is 0.538. The standard InChI is InChI=1S/C13H20N2O5/c1-3-4-15-9(8-16)5-11(17)13(20)10(15)6-14(2)7-12(18)19/h5,16,20H,3-4,6-8H2,1-2H3,(H,18,19). The summed E-state index contributed by atoms with van der Waals surface area (Å²) in [5.74, 6) is -1.39. The van der Waals surface area contributed by atoms with Gasteiger partial charge in [-0.2, -0.15) is 0 Å². The van der Waals surface area contributed by atoms with Gasteiger partial charge in [0.25, 0.3) is 0 Å². The summed E-state index contributed by atoms with van der Waals surface area (Å²) in [5, 5.41) is 28.0. The number of hydrogen-bond donors (Lipinski definition) is 3. The molecule has 0 atom stereocenters. The molecule has 0 aliphatic carbocycles. The van der Waals surface area contributed by atoms with Gasteiger partial charge in [0.2, 0.25) is 5.43 Å². The highest BCUT2D eigenvalue weighted by Crippen LogP contribution is 2.17. The van der Waals surface area contributed by atoms with Gasteiger partial charge in [0.05, 0.1) is 18.8 Å². The van der Waals surface area contributed by atoms with Crippen molar-refractivity contribution in [1.82, 2.24) is 9.47 Å². The molecule has 0 fully saturated rings. The van der Waals surface area contributed by atoms with Crippen LogP contribution in [0.1, 0.15) is 24.7 Å². The van der Waals surface area contributed by atoms with Crippen LogP contribution >= 0.6 is 0 Å². The van der Waals surface area contributed by atoms with Gasteiger partial charge in [0.1, 0.15) is 0 Å². The number of aliphatic carboxylic acids is 1. The molecule has 0 aliphatic rings. The summed E-state index contributed by atoms with van der Waals surface area (Å²) >= 11 is 0. The Morgan fingerprint density at radius 3 is 2.60 bits per heavy atom. The fourth-order valence-electron chi connectivity index (χ4n) is 2.08. The molecule has 3 N–H and O–H groups in total. The van der Waals surface area contributed by atoms with E-state index in [0.29, 0.717) is 17.9 Å². The van der Waals surface area contributed by atoms with E-state index in [4.69, 9.17) is 5.11 Å². The van der Waals surface area contributed by atoms with Gasteiger partial charge in [0, 0.05) is 24.8 Å². The van der Waals surface area contributed by atoms with Crippen molar-refractivity contribution in [2.24, 2.45) is 0 Å². The number of rotatable bonds is 7. The van der Waals surface area contributed by atoms with Crippen molar-refractivity contribution >= 4 is 5.97 Å². The van der Waals surface area contributed by atoms with Crippen LogP contribution < -0.4 is 5.43 Å². The topological polar surface area (TPSA) is 103 Å². The van der Waals surface area contributed by atoms with Gasteiger partial charge in [0.15, 0.2) is 5.75 Å². The van der Waals surface area contributed by atoms with Crippen LogP contribution in [-0.4, -0.2) is 44.3 Å². The van der Waals surface area contributed by atoms with Gasteiger partial charge in [-0.05, 0) is 13.5 Å². The van der Waals surface area contributed by atoms with E-state index in [9.17, 15) is 19.8 Å². The zero-order valence-corrected chi connectivity index (χ0v) is 11.7. The number of aliphatic hydroxyl groups excluding tert-OH is 1. The summed E-state index contributed by atoms with van der Waals surface area (Å²) in [4.78, 5) is 23.8. The molecule has 0 saturated heterocycles. The molecule has 7 heteroatoms. The van der Waals surface area contributed by atoms with E-state index in [1.807, 2.05) is 6.92 Å². The molecule has 112 valence electrons. The zero-order valence-electron chi connectivity index (χ0n) is 11.7. The smallest absolute Gasteiger partial charge is 0.317 e. The van der Waals surface area contributed by atoms with Crippen LogP contribution in [-0.2, 0) is 24.5 Å². The van der Waals surface area contributed by atoms with Crippen LogP contribution in [0.15, 0.2) is 10.9 Å². The van der Waals surface area contributed by atoms with E-state index in [-0.39, 0.29) is 19.7 Å². The molecule has 1 aromatic rings. The highest BCUT2D eigenvalue weighted by Gasteiger charge is 2.16. The molecule has 0 amide bonds. The first-order valence-corrected chi connectivity index (χ1v) is 6.36. The summed E-state index contributed by atoms with van der Waals surface area (Å²) in [5.41, 5.74) is 0.167. The van der Waals surface area contributed by atoms with Gasteiger partial charge in [-0.3, -0.25) is 14.5 Å². The molecule has 0 radical (unpaired) electrons. The lowest BCUT2D eigenvalue weighted by Crippen LogP contribution is -2.29. The number of carbonyl (C=O) groups is 1. The Balaban J connectivity index is 3.23. The number of aromatic nitrogens is 1. The molecular weight excluding hydrogens is 264 g/mol. The first-order chi connectivity index (χ1) is 9.40. The Morgan fingerprint density at radius 1 is 1.45 bits per heavy atom. The van der Waals surface area contributed by atoms with Crippen LogP contribution in [0.4, 0.5) is 0 Å². The zero-order chi connectivity index (χ0) is 15.3. The first kappa shape index (κ1) is 16.2. The van der Waals surface area contributed by atoms with E-state index < -0.39 is 17.1 Å². The van der Waals surface area contributed by atoms with Crippen molar-refractivity contribution in [3.05, 3.63) is 27.7 Å². The Bertz CT molecular complexity index is 538. The predicted octanol–water partition coefficient (Wildman–Crippen LogP) is -0.0274. The number of carboxylic acids is 1. The van der Waals surface area contributed by atoms with Gasteiger partial charge < -0.3 is 19.9 Å². The lowest BCUT2D eigenvalue weighted by molar-refractivity contribution is -0.138. The molecule has 1 rings (SSSR count). The normalized spacial score (nSPS) is 11.0. The molecule has 20 heavy (non-hydrogen) atoms. The maximum Gasteiger partial charge on any atom is 0.317 e. The minimum Gasteiger partial charge on any atom is -0.503 e. The third-order valence-corrected chi connectivity index (χ3v) is 2.91. The number of nitrogens with zero attached hydrogens (tertiary/aromatic N) is 2. The maximum atomic E-state index is 11.7. The number of aliphatic hydroxyl groups is 1. The summed E-state index contributed by atoms with van der Waals surface area (Å²) in [6.07, 6.45) is 0.755. The highest BCUT2D eigenvalue weighted by atomic mass is 16.4. The van der Waals surface area contributed by atoms with Crippen molar-refractivity contribution in [3.8, 4) is 5.75 Å². The Hall–Kier alpha value is -1.86. The monoisotopic (exact) mass is 284 g/mol. The quantitative estimate of drug-likeness (QED) is 0.650. The predicted molar refractivity (Wildman–Crippen MR) is 72.6 cm³/mol. The van der Waals surface area contributed by atoms with E-state index >= 15 is 0 Å². The Kier molecular flexibility index (Phi) is 5.72. The molecule has 0 spiro atoms. The number of hydrogen-bond acceptors (Lipinski definition) is 5. The summed E-state index contributed by atoms with van der Waals surface area (Å²) in [6, 6.07) is 1.20. The molecule has 0 bridgehead atoms. The van der Waals surface area contributed by atoms with E-state index in [1.54, 1.807) is 11.6 Å². The molecule has 1 aromatic heterocycles. The van der Waals surface area contributed by atoms with Crippen molar-refractivity contribution in [1.29, 1.82) is 0 Å². The number of pyridine rings is 1. The summed E-state index contributed by atoms with van der Waals surface area (Å²) in [7, 11) is 1.58. The van der Waals surface area contributed by atoms with Crippen LogP contribution in [0.25, 0.3) is 0 Å². The molecule has 0 saturated carbocycles. The van der Waals surface area contributed by atoms with Crippen LogP contribution in [0.5, 0.6) is 5.75 Å².